The van der Waals surface area contributed by atoms with E-state index in [-0.39, 0.29) is 11.9 Å². The first-order valence-electron chi connectivity index (χ1n) is 14.5. The summed E-state index contributed by atoms with van der Waals surface area (Å²) in [5.74, 6) is -0.154. The summed E-state index contributed by atoms with van der Waals surface area (Å²) in [6.07, 6.45) is -1.79. The predicted molar refractivity (Wildman–Crippen MR) is 160 cm³/mol. The van der Waals surface area contributed by atoms with Gasteiger partial charge >= 0.3 is 0 Å². The minimum absolute atomic E-state index is 0.154. The van der Waals surface area contributed by atoms with Crippen molar-refractivity contribution in [2.24, 2.45) is 0 Å². The topological polar surface area (TPSA) is 66.0 Å². The summed E-state index contributed by atoms with van der Waals surface area (Å²) >= 11 is 0. The summed E-state index contributed by atoms with van der Waals surface area (Å²) in [7, 11) is -2.13. The molecule has 0 aromatic heterocycles. The Kier molecular flexibility index (Phi) is 11.5. The Morgan fingerprint density at radius 3 is 1.57 bits per heavy atom. The van der Waals surface area contributed by atoms with Crippen LogP contribution in [0.4, 0.5) is 0 Å². The van der Waals surface area contributed by atoms with E-state index in [1.54, 1.807) is 0 Å². The zero-order chi connectivity index (χ0) is 28.2. The van der Waals surface area contributed by atoms with Gasteiger partial charge in [-0.05, 0) is 34.8 Å². The van der Waals surface area contributed by atoms with Crippen molar-refractivity contribution in [2.45, 2.75) is 83.1 Å². The first-order valence-corrected chi connectivity index (χ1v) is 17.0. The molecule has 0 radical (unpaired) electrons. The molecule has 4 atom stereocenters. The standard InChI is InChI=1S/C33H43NO5Si/c1-4-40(5-2,6-3)39-32-31(38-24-28-20-14-9-15-21-28)30(37-23-27-18-12-8-13-19-27)29(34-33(32)35)25-36-22-26-16-10-7-11-17-26/h7-21,29-32H,4-6,22-25H2,1-3H3,(H,34,35)/t29-,30-,31+,32-/m1/s1. The largest absolute Gasteiger partial charge is 0.403 e. The maximum Gasteiger partial charge on any atom is 0.251 e. The molecular formula is C33H43NO5Si. The Morgan fingerprint density at radius 2 is 1.10 bits per heavy atom. The van der Waals surface area contributed by atoms with E-state index in [0.29, 0.717) is 26.4 Å². The highest BCUT2D eigenvalue weighted by Gasteiger charge is 2.49. The molecule has 3 aromatic rings. The van der Waals surface area contributed by atoms with Crippen LogP contribution in [-0.4, -0.2) is 45.2 Å². The quantitative estimate of drug-likeness (QED) is 0.222. The minimum atomic E-state index is -2.13. The molecule has 0 spiro atoms. The molecule has 1 heterocycles. The Bertz CT molecular complexity index is 1140. The number of carbonyl (C=O) groups is 1. The fourth-order valence-electron chi connectivity index (χ4n) is 5.23. The second-order valence-corrected chi connectivity index (χ2v) is 15.1. The van der Waals surface area contributed by atoms with Crippen LogP contribution >= 0.6 is 0 Å². The van der Waals surface area contributed by atoms with Crippen molar-refractivity contribution in [3.63, 3.8) is 0 Å². The number of hydrogen-bond donors (Lipinski definition) is 1. The lowest BCUT2D eigenvalue weighted by atomic mass is 9.95. The number of benzene rings is 3. The van der Waals surface area contributed by atoms with Crippen molar-refractivity contribution in [1.82, 2.24) is 5.32 Å². The van der Waals surface area contributed by atoms with Crippen molar-refractivity contribution < 1.29 is 23.4 Å². The van der Waals surface area contributed by atoms with Crippen LogP contribution in [0.25, 0.3) is 0 Å². The highest BCUT2D eigenvalue weighted by Crippen LogP contribution is 2.30. The van der Waals surface area contributed by atoms with Crippen molar-refractivity contribution in [2.75, 3.05) is 6.61 Å². The highest BCUT2D eigenvalue weighted by atomic mass is 28.4. The van der Waals surface area contributed by atoms with Crippen LogP contribution in [0, 0.1) is 0 Å². The van der Waals surface area contributed by atoms with Gasteiger partial charge in [-0.15, -0.1) is 0 Å². The lowest BCUT2D eigenvalue weighted by molar-refractivity contribution is -0.178. The minimum Gasteiger partial charge on any atom is -0.403 e. The molecule has 1 aliphatic rings. The van der Waals surface area contributed by atoms with E-state index in [0.717, 1.165) is 34.8 Å². The monoisotopic (exact) mass is 561 g/mol. The van der Waals surface area contributed by atoms with Crippen LogP contribution < -0.4 is 5.32 Å². The first kappa shape index (κ1) is 30.2. The highest BCUT2D eigenvalue weighted by molar-refractivity contribution is 6.73. The third-order valence-corrected chi connectivity index (χ3v) is 12.5. The number of hydrogen-bond acceptors (Lipinski definition) is 5. The number of amides is 1. The molecule has 0 saturated carbocycles. The number of carbonyl (C=O) groups excluding carboxylic acids is 1. The normalized spacial score (nSPS) is 21.2. The molecule has 0 bridgehead atoms. The summed E-state index contributed by atoms with van der Waals surface area (Å²) in [5, 5.41) is 3.19. The predicted octanol–water partition coefficient (Wildman–Crippen LogP) is 6.26. The van der Waals surface area contributed by atoms with Gasteiger partial charge in [-0.3, -0.25) is 4.79 Å². The van der Waals surface area contributed by atoms with Gasteiger partial charge in [0.2, 0.25) is 0 Å². The van der Waals surface area contributed by atoms with E-state index in [2.05, 4.69) is 26.1 Å². The number of rotatable bonds is 15. The maximum absolute atomic E-state index is 13.7. The molecule has 7 heteroatoms. The second kappa shape index (κ2) is 15.3. The van der Waals surface area contributed by atoms with Crippen molar-refractivity contribution in [3.8, 4) is 0 Å². The lowest BCUT2D eigenvalue weighted by Gasteiger charge is -2.45. The summed E-state index contributed by atoms with van der Waals surface area (Å²) in [5.41, 5.74) is 3.17. The van der Waals surface area contributed by atoms with Crippen LogP contribution in [0.15, 0.2) is 91.0 Å². The van der Waals surface area contributed by atoms with Crippen molar-refractivity contribution in [1.29, 1.82) is 0 Å². The summed E-state index contributed by atoms with van der Waals surface area (Å²) in [6, 6.07) is 32.6. The van der Waals surface area contributed by atoms with Crippen LogP contribution in [-0.2, 0) is 43.3 Å². The molecule has 1 aliphatic heterocycles. The molecule has 214 valence electrons. The molecular weight excluding hydrogens is 518 g/mol. The van der Waals surface area contributed by atoms with E-state index in [9.17, 15) is 4.79 Å². The molecule has 3 aromatic carbocycles. The van der Waals surface area contributed by atoms with Gasteiger partial charge in [0.25, 0.3) is 5.91 Å². The lowest BCUT2D eigenvalue weighted by Crippen LogP contribution is -2.67. The molecule has 1 saturated heterocycles. The van der Waals surface area contributed by atoms with E-state index < -0.39 is 26.6 Å². The van der Waals surface area contributed by atoms with Gasteiger partial charge in [0.1, 0.15) is 12.2 Å². The Morgan fingerprint density at radius 1 is 0.650 bits per heavy atom. The number of piperidine rings is 1. The van der Waals surface area contributed by atoms with Crippen LogP contribution in [0.2, 0.25) is 18.1 Å². The van der Waals surface area contributed by atoms with Gasteiger partial charge in [0, 0.05) is 0 Å². The van der Waals surface area contributed by atoms with Gasteiger partial charge in [-0.1, -0.05) is 112 Å². The molecule has 0 unspecified atom stereocenters. The first-order chi connectivity index (χ1) is 19.6. The molecule has 4 rings (SSSR count). The van der Waals surface area contributed by atoms with E-state index in [1.165, 1.54) is 0 Å². The Balaban J connectivity index is 1.60. The third kappa shape index (κ3) is 8.12. The molecule has 1 amide bonds. The van der Waals surface area contributed by atoms with Crippen molar-refractivity contribution >= 4 is 14.2 Å². The average Bonchev–Trinajstić information content (AvgIpc) is 3.01. The fraction of sp³-hybridized carbons (Fsp3) is 0.424. The molecule has 0 aliphatic carbocycles. The molecule has 6 nitrogen and oxygen atoms in total. The van der Waals surface area contributed by atoms with E-state index >= 15 is 0 Å². The summed E-state index contributed by atoms with van der Waals surface area (Å²) < 4.78 is 26.1. The SMILES string of the molecule is CC[Si](CC)(CC)O[C@H]1C(=O)N[C@H](COCc2ccccc2)[C@@H](OCc2ccccc2)[C@@H]1OCc1ccccc1. The molecule has 40 heavy (non-hydrogen) atoms. The van der Waals surface area contributed by atoms with Gasteiger partial charge in [-0.25, -0.2) is 0 Å². The number of ether oxygens (including phenoxy) is 3. The van der Waals surface area contributed by atoms with E-state index in [1.807, 2.05) is 91.0 Å². The summed E-state index contributed by atoms with van der Waals surface area (Å²) in [6.45, 7) is 8.02. The fourth-order valence-corrected chi connectivity index (χ4v) is 8.01. The average molecular weight is 562 g/mol. The third-order valence-electron chi connectivity index (χ3n) is 7.89. The van der Waals surface area contributed by atoms with Gasteiger partial charge in [0.05, 0.1) is 32.5 Å². The van der Waals surface area contributed by atoms with Gasteiger partial charge < -0.3 is 24.0 Å². The van der Waals surface area contributed by atoms with Crippen LogP contribution in [0.1, 0.15) is 37.5 Å². The maximum atomic E-state index is 13.7. The molecule has 1 fully saturated rings. The van der Waals surface area contributed by atoms with Gasteiger partial charge in [-0.2, -0.15) is 0 Å². The van der Waals surface area contributed by atoms with Crippen LogP contribution in [0.3, 0.4) is 0 Å². The number of nitrogens with one attached hydrogen (secondary N) is 1. The zero-order valence-corrected chi connectivity index (χ0v) is 25.0. The smallest absolute Gasteiger partial charge is 0.251 e. The van der Waals surface area contributed by atoms with Crippen molar-refractivity contribution in [3.05, 3.63) is 108 Å². The van der Waals surface area contributed by atoms with E-state index in [4.69, 9.17) is 18.6 Å². The van der Waals surface area contributed by atoms with Gasteiger partial charge in [0.15, 0.2) is 14.4 Å². The second-order valence-electron chi connectivity index (χ2n) is 10.4. The zero-order valence-electron chi connectivity index (χ0n) is 24.0. The molecule has 1 N–H and O–H groups in total. The van der Waals surface area contributed by atoms with Crippen LogP contribution in [0.5, 0.6) is 0 Å². The summed E-state index contributed by atoms with van der Waals surface area (Å²) in [4.78, 5) is 13.7. The Labute approximate surface area is 240 Å². The Hall–Kier alpha value is -2.81.